The second kappa shape index (κ2) is 20.8. The molecule has 6 heteroatoms. The summed E-state index contributed by atoms with van der Waals surface area (Å²) in [5, 5.41) is 0.641. The second-order valence-electron chi connectivity index (χ2n) is 28.2. The van der Waals surface area contributed by atoms with Gasteiger partial charge in [-0.05, 0) is 150 Å². The van der Waals surface area contributed by atoms with Crippen molar-refractivity contribution in [1.29, 1.82) is 0 Å². The van der Waals surface area contributed by atoms with E-state index in [1.807, 2.05) is 71.1 Å². The number of hydrogen-bond donors (Lipinski definition) is 0. The number of ether oxygens (including phenoxy) is 1. The molecule has 0 fully saturated rings. The van der Waals surface area contributed by atoms with Gasteiger partial charge in [-0.2, -0.15) is 12.1 Å². The number of nitrogens with zero attached hydrogens (tertiary/aromatic N) is 4. The Bertz CT molecular complexity index is 4820. The summed E-state index contributed by atoms with van der Waals surface area (Å²) in [5.41, 5.74) is 12.2. The zero-order valence-corrected chi connectivity index (χ0v) is 53.6. The molecular formula is C79H81N4OPt-3. The van der Waals surface area contributed by atoms with Crippen molar-refractivity contribution in [3.8, 4) is 50.7 Å². The number of fused-ring (bicyclic) bond motifs is 6. The van der Waals surface area contributed by atoms with Gasteiger partial charge in [0.15, 0.2) is 0 Å². The first-order valence-corrected chi connectivity index (χ1v) is 29.5. The molecule has 0 saturated carbocycles. The van der Waals surface area contributed by atoms with E-state index in [1.54, 1.807) is 35.0 Å². The molecule has 10 aromatic rings. The summed E-state index contributed by atoms with van der Waals surface area (Å²) in [6.45, 7) is 30.6. The number of pyridine rings is 1. The van der Waals surface area contributed by atoms with Crippen LogP contribution in [0, 0.1) is 25.7 Å². The average Bonchev–Trinajstić information content (AvgIpc) is 1.54. The molecule has 85 heavy (non-hydrogen) atoms. The fourth-order valence-electron chi connectivity index (χ4n) is 13.4. The van der Waals surface area contributed by atoms with E-state index in [0.29, 0.717) is 27.9 Å². The largest absolute Gasteiger partial charge is 0.509 e. The summed E-state index contributed by atoms with van der Waals surface area (Å²) in [7, 11) is 0. The van der Waals surface area contributed by atoms with Crippen LogP contribution >= 0.6 is 0 Å². The molecule has 0 atom stereocenters. The van der Waals surface area contributed by atoms with Gasteiger partial charge in [-0.1, -0.05) is 205 Å². The number of para-hydroxylation sites is 4. The van der Waals surface area contributed by atoms with Crippen molar-refractivity contribution < 1.29 is 42.3 Å². The van der Waals surface area contributed by atoms with Crippen LogP contribution in [0.15, 0.2) is 164 Å². The molecular weight excluding hydrogens is 1220 g/mol. The average molecular weight is 1310 g/mol. The Kier molecular flexibility index (Phi) is 11.0. The SMILES string of the molecule is [2H]c1c([2H])c([2H])c(-c2cccc(-c3cc(C(C)(C)C)cc(C(C)(C)C)c3)c2N2[CH-]N(c3[c-]c(Oc4[c-]c5c(cc4)c4c([2H])c([2H])c([2H])c([2H])c4n5-c4cc(C([2H])([2H])[2H])c(-c5c6c(cc7c5C(C)(C)CCC7(C)C)C(C)(C)CCC6(C)C)cn4)ccc3)c3ccccc32)c([2H])c1[2H].[Pt]. The van der Waals surface area contributed by atoms with E-state index in [1.165, 1.54) is 11.1 Å². The maximum Gasteiger partial charge on any atom is 0.135 e. The zero-order chi connectivity index (χ0) is 69.4. The first-order valence-electron chi connectivity index (χ1n) is 35.5. The molecule has 436 valence electrons. The van der Waals surface area contributed by atoms with Crippen LogP contribution in [0.3, 0.4) is 0 Å². The van der Waals surface area contributed by atoms with Crippen LogP contribution in [0.1, 0.15) is 178 Å². The van der Waals surface area contributed by atoms with Gasteiger partial charge in [0.1, 0.15) is 5.82 Å². The molecule has 0 saturated heterocycles. The van der Waals surface area contributed by atoms with Crippen LogP contribution in [0.4, 0.5) is 22.7 Å². The van der Waals surface area contributed by atoms with Crippen molar-refractivity contribution in [2.24, 2.45) is 0 Å². The van der Waals surface area contributed by atoms with Crippen molar-refractivity contribution in [2.45, 2.75) is 162 Å². The Morgan fingerprint density at radius 2 is 1.14 bits per heavy atom. The summed E-state index contributed by atoms with van der Waals surface area (Å²) >= 11 is 0. The van der Waals surface area contributed by atoms with Crippen LogP contribution in [0.2, 0.25) is 0 Å². The summed E-state index contributed by atoms with van der Waals surface area (Å²) in [6.07, 6.45) is 5.43. The third-order valence-electron chi connectivity index (χ3n) is 18.4. The number of aryl methyl sites for hydroxylation is 1. The van der Waals surface area contributed by atoms with Gasteiger partial charge < -0.3 is 19.1 Å². The molecule has 2 aliphatic carbocycles. The first-order chi connectivity index (χ1) is 44.7. The minimum atomic E-state index is -2.67. The normalized spacial score (nSPS) is 18.8. The standard InChI is InChI=1S/C79H81N4O.Pt/c1-50-41-69(80-48-62(50)70-71-63(76(8,9)37-39-78(71,12)13)47-64-72(70)79(14,15)40-38-77(64,10)11)83-65-32-20-19-29-60(65)61-36-35-57(46-68(61)83)84-56-28-23-27-55(45-56)81-49-82(67-34-22-21-33-66(67)81)73-58(51-25-17-16-18-26-51)30-24-31-59(73)52-42-53(74(2,3)4)44-54(43-52)75(5,6)7;/h16-36,41-44,47-49H,37-40H2,1-15H3;/q-3;/i1D3,16D,17D,18D,19D,20D,25D,26D,29D,32D;. The van der Waals surface area contributed by atoms with Gasteiger partial charge in [0.05, 0.1) is 12.3 Å². The molecule has 0 amide bonds. The molecule has 0 unspecified atom stereocenters. The molecule has 13 rings (SSSR count). The van der Waals surface area contributed by atoms with Crippen LogP contribution in [-0.2, 0) is 53.6 Å². The minimum Gasteiger partial charge on any atom is -0.509 e. The quantitative estimate of drug-likeness (QED) is 0.142. The molecule has 0 N–H and O–H groups in total. The van der Waals surface area contributed by atoms with Gasteiger partial charge in [-0.25, -0.2) is 4.98 Å². The Labute approximate surface area is 537 Å². The Morgan fingerprint density at radius 3 is 1.78 bits per heavy atom. The predicted octanol–water partition coefficient (Wildman–Crippen LogP) is 21.6. The van der Waals surface area contributed by atoms with E-state index >= 15 is 0 Å². The summed E-state index contributed by atoms with van der Waals surface area (Å²) in [5.74, 6) is 0.624. The summed E-state index contributed by atoms with van der Waals surface area (Å²) in [6, 6.07) is 36.5. The molecule has 2 aromatic heterocycles. The van der Waals surface area contributed by atoms with E-state index in [2.05, 4.69) is 133 Å². The molecule has 0 spiro atoms. The van der Waals surface area contributed by atoms with Gasteiger partial charge in [0.25, 0.3) is 0 Å². The van der Waals surface area contributed by atoms with Gasteiger partial charge in [-0.15, -0.1) is 48.1 Å². The minimum absolute atomic E-state index is 0. The van der Waals surface area contributed by atoms with Crippen molar-refractivity contribution in [2.75, 3.05) is 9.80 Å². The van der Waals surface area contributed by atoms with E-state index in [0.717, 1.165) is 76.0 Å². The fourth-order valence-corrected chi connectivity index (χ4v) is 13.4. The molecule has 1 aliphatic heterocycles. The number of benzene rings is 8. The number of rotatable bonds is 8. The van der Waals surface area contributed by atoms with Gasteiger partial charge in [-0.3, -0.25) is 0 Å². The zero-order valence-electron chi connectivity index (χ0n) is 63.3. The van der Waals surface area contributed by atoms with E-state index < -0.39 is 37.1 Å². The third kappa shape index (κ3) is 10.0. The Balaban J connectivity index is 0.00000897. The van der Waals surface area contributed by atoms with Crippen molar-refractivity contribution >= 4 is 44.6 Å². The molecule has 3 heterocycles. The maximum absolute atomic E-state index is 9.50. The van der Waals surface area contributed by atoms with Crippen LogP contribution in [0.25, 0.3) is 61.0 Å². The van der Waals surface area contributed by atoms with Crippen molar-refractivity contribution in [1.82, 2.24) is 9.55 Å². The first kappa shape index (κ1) is 45.2. The third-order valence-corrected chi connectivity index (χ3v) is 18.4. The second-order valence-corrected chi connectivity index (χ2v) is 28.2. The van der Waals surface area contributed by atoms with Crippen LogP contribution in [-0.4, -0.2) is 9.55 Å². The predicted molar refractivity (Wildman–Crippen MR) is 353 cm³/mol. The molecule has 5 nitrogen and oxygen atoms in total. The van der Waals surface area contributed by atoms with Crippen LogP contribution in [0.5, 0.6) is 11.5 Å². The summed E-state index contributed by atoms with van der Waals surface area (Å²) < 4.78 is 118. The maximum atomic E-state index is 9.50. The number of aromatic nitrogens is 2. The van der Waals surface area contributed by atoms with Gasteiger partial charge in [0.2, 0.25) is 0 Å². The Morgan fingerprint density at radius 1 is 0.565 bits per heavy atom. The van der Waals surface area contributed by atoms with Crippen molar-refractivity contribution in [3.63, 3.8) is 0 Å². The van der Waals surface area contributed by atoms with Gasteiger partial charge in [0, 0.05) is 82.1 Å². The number of hydrogen-bond acceptors (Lipinski definition) is 4. The molecule has 0 radical (unpaired) electrons. The molecule has 0 bridgehead atoms. The smallest absolute Gasteiger partial charge is 0.135 e. The molecule has 3 aliphatic rings. The van der Waals surface area contributed by atoms with Gasteiger partial charge >= 0.3 is 0 Å². The van der Waals surface area contributed by atoms with E-state index in [9.17, 15) is 9.60 Å². The van der Waals surface area contributed by atoms with E-state index in [-0.39, 0.29) is 123 Å². The Hall–Kier alpha value is -7.20. The molecule has 8 aromatic carbocycles. The fraction of sp³-hybridized carbons (Fsp3) is 0.316. The van der Waals surface area contributed by atoms with Crippen molar-refractivity contribution in [3.05, 3.63) is 221 Å². The monoisotopic (exact) mass is 1310 g/mol. The number of anilines is 4. The topological polar surface area (TPSA) is 33.5 Å². The van der Waals surface area contributed by atoms with E-state index in [4.69, 9.17) is 16.6 Å². The summed E-state index contributed by atoms with van der Waals surface area (Å²) in [4.78, 5) is 9.18. The van der Waals surface area contributed by atoms with Crippen LogP contribution < -0.4 is 14.5 Å².